The minimum Gasteiger partial charge on any atom is -0.494 e. The molecule has 0 heterocycles. The second-order valence-corrected chi connectivity index (χ2v) is 2.39. The molecule has 0 amide bonds. The predicted molar refractivity (Wildman–Crippen MR) is 43.4 cm³/mol. The molecule has 0 saturated heterocycles. The van der Waals surface area contributed by atoms with E-state index in [-0.39, 0.29) is 0 Å². The number of rotatable bonds is 2. The second kappa shape index (κ2) is 3.46. The molecule has 0 radical (unpaired) electrons. The van der Waals surface area contributed by atoms with Gasteiger partial charge in [0.15, 0.2) is 0 Å². The van der Waals surface area contributed by atoms with Crippen LogP contribution in [-0.4, -0.2) is 12.3 Å². The average Bonchev–Trinajstić information content (AvgIpc) is 2.04. The second-order valence-electron chi connectivity index (χ2n) is 1.96. The normalized spacial score (nSPS) is 9.36. The molecule has 1 aromatic carbocycles. The zero-order valence-electron chi connectivity index (χ0n) is 5.97. The molecule has 0 aliphatic heterocycles. The van der Waals surface area contributed by atoms with Crippen molar-refractivity contribution in [2.75, 3.05) is 12.6 Å². The third-order valence-electron chi connectivity index (χ3n) is 1.28. The van der Waals surface area contributed by atoms with Crippen LogP contribution in [0.5, 0.6) is 5.75 Å². The summed E-state index contributed by atoms with van der Waals surface area (Å²) in [7, 11) is 1.51. The van der Waals surface area contributed by atoms with Crippen molar-refractivity contribution in [2.24, 2.45) is 0 Å². The Balaban J connectivity index is 3.06. The Kier molecular flexibility index (Phi) is 2.57. The van der Waals surface area contributed by atoms with Crippen LogP contribution in [0.1, 0.15) is 0 Å². The molecular weight excluding hydrogens is 166 g/mol. The smallest absolute Gasteiger partial charge is 0.145 e. The van der Waals surface area contributed by atoms with Gasteiger partial charge in [-0.15, -0.1) is 0 Å². The quantitative estimate of drug-likeness (QED) is 0.674. The van der Waals surface area contributed by atoms with Gasteiger partial charge in [-0.05, 0) is 12.1 Å². The number of hydrogen-bond acceptors (Lipinski definition) is 3. The number of nitrogens with one attached hydrogen (secondary N) is 1. The molecule has 1 aromatic rings. The highest BCUT2D eigenvalue weighted by molar-refractivity contribution is 6.30. The number of methoxy groups -OCH3 is 1. The lowest BCUT2D eigenvalue weighted by molar-refractivity contribution is 0.373. The number of hydrogen-bond donors (Lipinski definition) is 2. The van der Waals surface area contributed by atoms with E-state index in [0.717, 1.165) is 0 Å². The summed E-state index contributed by atoms with van der Waals surface area (Å²) >= 11 is 5.66. The number of ether oxygens (including phenoxy) is 1. The molecule has 1 rings (SSSR count). The van der Waals surface area contributed by atoms with Crippen LogP contribution in [0.3, 0.4) is 0 Å². The van der Waals surface area contributed by atoms with Gasteiger partial charge in [0.25, 0.3) is 0 Å². The van der Waals surface area contributed by atoms with Crippen molar-refractivity contribution in [3.63, 3.8) is 0 Å². The summed E-state index contributed by atoms with van der Waals surface area (Å²) in [6, 6.07) is 4.89. The van der Waals surface area contributed by atoms with Crippen LogP contribution in [0.4, 0.5) is 5.69 Å². The number of benzene rings is 1. The summed E-state index contributed by atoms with van der Waals surface area (Å²) in [6.45, 7) is 0. The van der Waals surface area contributed by atoms with E-state index in [9.17, 15) is 0 Å². The molecule has 4 heteroatoms. The van der Waals surface area contributed by atoms with Crippen molar-refractivity contribution in [3.8, 4) is 5.75 Å². The molecule has 2 N–H and O–H groups in total. The topological polar surface area (TPSA) is 41.5 Å². The van der Waals surface area contributed by atoms with Gasteiger partial charge in [0, 0.05) is 11.1 Å². The molecule has 0 bridgehead atoms. The summed E-state index contributed by atoms with van der Waals surface area (Å²) in [4.78, 5) is 0. The largest absolute Gasteiger partial charge is 0.494 e. The summed E-state index contributed by atoms with van der Waals surface area (Å²) in [5.74, 6) is 0.514. The van der Waals surface area contributed by atoms with Gasteiger partial charge in [0.05, 0.1) is 7.11 Å². The highest BCUT2D eigenvalue weighted by Crippen LogP contribution is 2.26. The van der Waals surface area contributed by atoms with Gasteiger partial charge in [-0.3, -0.25) is 10.7 Å². The van der Waals surface area contributed by atoms with E-state index in [0.29, 0.717) is 16.5 Å². The molecular formula is C7H8ClNO2. The van der Waals surface area contributed by atoms with E-state index in [1.54, 1.807) is 18.2 Å². The first-order chi connectivity index (χ1) is 5.27. The summed E-state index contributed by atoms with van der Waals surface area (Å²) in [5, 5.41) is 9.14. The molecule has 0 aliphatic carbocycles. The Hall–Kier alpha value is -0.930. The van der Waals surface area contributed by atoms with Gasteiger partial charge in [0.1, 0.15) is 11.4 Å². The molecule has 0 aliphatic rings. The highest BCUT2D eigenvalue weighted by atomic mass is 35.5. The zero-order chi connectivity index (χ0) is 8.27. The molecule has 0 atom stereocenters. The fourth-order valence-corrected chi connectivity index (χ4v) is 0.920. The van der Waals surface area contributed by atoms with E-state index in [1.165, 1.54) is 7.11 Å². The Morgan fingerprint density at radius 3 is 2.82 bits per heavy atom. The van der Waals surface area contributed by atoms with Crippen LogP contribution in [0.25, 0.3) is 0 Å². The van der Waals surface area contributed by atoms with Crippen LogP contribution in [0.15, 0.2) is 18.2 Å². The van der Waals surface area contributed by atoms with E-state index < -0.39 is 0 Å². The average molecular weight is 174 g/mol. The molecule has 60 valence electrons. The zero-order valence-corrected chi connectivity index (χ0v) is 6.72. The summed E-state index contributed by atoms with van der Waals surface area (Å²) < 4.78 is 4.91. The van der Waals surface area contributed by atoms with Crippen molar-refractivity contribution in [1.29, 1.82) is 0 Å². The fraction of sp³-hybridized carbons (Fsp3) is 0.143. The lowest BCUT2D eigenvalue weighted by Gasteiger charge is -2.05. The maximum Gasteiger partial charge on any atom is 0.145 e. The standard InChI is InChI=1S/C7H8ClNO2/c1-11-7-4-5(8)2-3-6(7)9-10/h2-4,9-10H,1H3. The molecule has 0 spiro atoms. The van der Waals surface area contributed by atoms with Gasteiger partial charge < -0.3 is 4.74 Å². The van der Waals surface area contributed by atoms with E-state index in [4.69, 9.17) is 21.5 Å². The third-order valence-corrected chi connectivity index (χ3v) is 1.52. The minimum absolute atomic E-state index is 0.497. The first-order valence-electron chi connectivity index (χ1n) is 3.01. The maximum atomic E-state index is 8.57. The van der Waals surface area contributed by atoms with Crippen molar-refractivity contribution in [2.45, 2.75) is 0 Å². The third kappa shape index (κ3) is 1.76. The first-order valence-corrected chi connectivity index (χ1v) is 3.39. The van der Waals surface area contributed by atoms with E-state index in [1.807, 2.05) is 5.48 Å². The Morgan fingerprint density at radius 2 is 2.27 bits per heavy atom. The highest BCUT2D eigenvalue weighted by Gasteiger charge is 2.00. The van der Waals surface area contributed by atoms with E-state index >= 15 is 0 Å². The monoisotopic (exact) mass is 173 g/mol. The van der Waals surface area contributed by atoms with Gasteiger partial charge in [-0.1, -0.05) is 11.6 Å². The summed E-state index contributed by atoms with van der Waals surface area (Å²) in [6.07, 6.45) is 0. The van der Waals surface area contributed by atoms with Crippen LogP contribution in [0, 0.1) is 0 Å². The minimum atomic E-state index is 0.497. The van der Waals surface area contributed by atoms with Crippen LogP contribution < -0.4 is 10.2 Å². The number of anilines is 1. The van der Waals surface area contributed by atoms with Gasteiger partial charge in [-0.25, -0.2) is 0 Å². The van der Waals surface area contributed by atoms with Gasteiger partial charge >= 0.3 is 0 Å². The van der Waals surface area contributed by atoms with Gasteiger partial charge in [0.2, 0.25) is 0 Å². The molecule has 0 fully saturated rings. The Morgan fingerprint density at radius 1 is 1.55 bits per heavy atom. The predicted octanol–water partition coefficient (Wildman–Crippen LogP) is 2.15. The van der Waals surface area contributed by atoms with Crippen LogP contribution in [-0.2, 0) is 0 Å². The van der Waals surface area contributed by atoms with E-state index in [2.05, 4.69) is 0 Å². The van der Waals surface area contributed by atoms with Crippen molar-refractivity contribution in [1.82, 2.24) is 0 Å². The Labute approximate surface area is 69.5 Å². The maximum absolute atomic E-state index is 8.57. The molecule has 3 nitrogen and oxygen atoms in total. The molecule has 0 aromatic heterocycles. The van der Waals surface area contributed by atoms with Crippen molar-refractivity contribution < 1.29 is 9.94 Å². The van der Waals surface area contributed by atoms with Crippen molar-refractivity contribution in [3.05, 3.63) is 23.2 Å². The summed E-state index contributed by atoms with van der Waals surface area (Å²) in [5.41, 5.74) is 2.49. The SMILES string of the molecule is COc1cc(Cl)ccc1NO. The number of halogens is 1. The van der Waals surface area contributed by atoms with Gasteiger partial charge in [-0.2, -0.15) is 0 Å². The lowest BCUT2D eigenvalue weighted by Crippen LogP contribution is -1.93. The van der Waals surface area contributed by atoms with Crippen LogP contribution in [0.2, 0.25) is 5.02 Å². The van der Waals surface area contributed by atoms with Crippen LogP contribution >= 0.6 is 11.6 Å². The molecule has 0 saturated carbocycles. The molecule has 0 unspecified atom stereocenters. The first kappa shape index (κ1) is 8.17. The fourth-order valence-electron chi connectivity index (χ4n) is 0.757. The molecule has 11 heavy (non-hydrogen) atoms. The van der Waals surface area contributed by atoms with Crippen molar-refractivity contribution >= 4 is 17.3 Å². The lowest BCUT2D eigenvalue weighted by atomic mass is 10.3. The Bertz CT molecular complexity index is 252.